The molecule has 5 nitrogen and oxygen atoms in total. The normalized spacial score (nSPS) is 16.9. The molecule has 0 aliphatic carbocycles. The first-order chi connectivity index (χ1) is 12.0. The summed E-state index contributed by atoms with van der Waals surface area (Å²) in [6.45, 7) is 5.51. The predicted octanol–water partition coefficient (Wildman–Crippen LogP) is 2.58. The molecule has 1 fully saturated rings. The second-order valence-corrected chi connectivity index (χ2v) is 7.61. The monoisotopic (exact) mass is 357 g/mol. The highest BCUT2D eigenvalue weighted by Gasteiger charge is 2.32. The van der Waals surface area contributed by atoms with E-state index in [-0.39, 0.29) is 17.7 Å². The highest BCUT2D eigenvalue weighted by molar-refractivity contribution is 7.13. The summed E-state index contributed by atoms with van der Waals surface area (Å²) >= 11 is 1.43. The minimum Gasteiger partial charge on any atom is -0.355 e. The molecule has 0 radical (unpaired) electrons. The Balaban J connectivity index is 1.49. The number of amides is 2. The summed E-state index contributed by atoms with van der Waals surface area (Å²) in [5.41, 5.74) is 1.99. The molecule has 0 unspecified atom stereocenters. The average molecular weight is 357 g/mol. The second kappa shape index (κ2) is 7.78. The summed E-state index contributed by atoms with van der Waals surface area (Å²) < 4.78 is 0. The molecule has 1 aliphatic heterocycles. The van der Waals surface area contributed by atoms with Crippen LogP contribution in [0.5, 0.6) is 0 Å². The van der Waals surface area contributed by atoms with Crippen LogP contribution in [0, 0.1) is 19.8 Å². The summed E-state index contributed by atoms with van der Waals surface area (Å²) in [7, 11) is 0. The van der Waals surface area contributed by atoms with Gasteiger partial charge in [0.25, 0.3) is 5.91 Å². The van der Waals surface area contributed by atoms with E-state index in [2.05, 4.69) is 22.4 Å². The van der Waals surface area contributed by atoms with Crippen molar-refractivity contribution in [2.75, 3.05) is 19.6 Å². The van der Waals surface area contributed by atoms with Gasteiger partial charge in [-0.15, -0.1) is 11.3 Å². The molecule has 1 atom stereocenters. The molecular formula is C19H23N3O2S. The highest BCUT2D eigenvalue weighted by atomic mass is 32.1. The lowest BCUT2D eigenvalue weighted by Gasteiger charge is -2.16. The van der Waals surface area contributed by atoms with Crippen molar-refractivity contribution in [2.24, 2.45) is 5.92 Å². The molecule has 3 rings (SSSR count). The zero-order valence-electron chi connectivity index (χ0n) is 14.6. The molecular weight excluding hydrogens is 334 g/mol. The highest BCUT2D eigenvalue weighted by Crippen LogP contribution is 2.24. The van der Waals surface area contributed by atoms with Crippen LogP contribution in [-0.2, 0) is 11.2 Å². The van der Waals surface area contributed by atoms with Gasteiger partial charge in [-0.05, 0) is 32.3 Å². The van der Waals surface area contributed by atoms with Gasteiger partial charge in [0.2, 0.25) is 5.91 Å². The van der Waals surface area contributed by atoms with Gasteiger partial charge in [0.15, 0.2) is 0 Å². The molecule has 2 heterocycles. The molecule has 0 spiro atoms. The number of aromatic nitrogens is 1. The van der Waals surface area contributed by atoms with Crippen molar-refractivity contribution in [3.8, 4) is 0 Å². The quantitative estimate of drug-likeness (QED) is 0.895. The number of likely N-dealkylation sites (tertiary alicyclic amines) is 1. The Labute approximate surface area is 152 Å². The van der Waals surface area contributed by atoms with Crippen molar-refractivity contribution in [1.29, 1.82) is 0 Å². The van der Waals surface area contributed by atoms with Gasteiger partial charge in [-0.2, -0.15) is 0 Å². The first-order valence-electron chi connectivity index (χ1n) is 8.59. The molecule has 25 heavy (non-hydrogen) atoms. The molecule has 2 aromatic rings. The number of aryl methyl sites for hydroxylation is 2. The Morgan fingerprint density at radius 2 is 2.04 bits per heavy atom. The summed E-state index contributed by atoms with van der Waals surface area (Å²) in [4.78, 5) is 31.8. The topological polar surface area (TPSA) is 62.3 Å². The van der Waals surface area contributed by atoms with Crippen molar-refractivity contribution in [2.45, 2.75) is 26.7 Å². The maximum absolute atomic E-state index is 12.6. The van der Waals surface area contributed by atoms with E-state index in [1.165, 1.54) is 16.9 Å². The standard InChI is InChI=1S/C19H23N3O2S/c1-13-17(25-14(2)21-13)19(24)22-11-9-16(12-22)18(23)20-10-8-15-6-4-3-5-7-15/h3-7,16H,8-12H2,1-2H3,(H,20,23)/t16-/m1/s1. The fraction of sp³-hybridized carbons (Fsp3) is 0.421. The van der Waals surface area contributed by atoms with Crippen LogP contribution in [0.2, 0.25) is 0 Å². The van der Waals surface area contributed by atoms with Gasteiger partial charge in [-0.1, -0.05) is 30.3 Å². The number of hydrogen-bond donors (Lipinski definition) is 1. The van der Waals surface area contributed by atoms with Gasteiger partial charge in [-0.3, -0.25) is 9.59 Å². The molecule has 1 aliphatic rings. The van der Waals surface area contributed by atoms with Crippen molar-refractivity contribution in [3.05, 3.63) is 51.5 Å². The van der Waals surface area contributed by atoms with Crippen molar-refractivity contribution >= 4 is 23.2 Å². The molecule has 2 amide bonds. The molecule has 1 saturated heterocycles. The first-order valence-corrected chi connectivity index (χ1v) is 9.41. The number of thiazole rings is 1. The van der Waals surface area contributed by atoms with Gasteiger partial charge in [0, 0.05) is 19.6 Å². The third kappa shape index (κ3) is 4.25. The average Bonchev–Trinajstić information content (AvgIpc) is 3.22. The van der Waals surface area contributed by atoms with E-state index >= 15 is 0 Å². The minimum atomic E-state index is -0.117. The first kappa shape index (κ1) is 17.6. The fourth-order valence-corrected chi connectivity index (χ4v) is 4.04. The molecule has 1 aromatic carbocycles. The van der Waals surface area contributed by atoms with Crippen molar-refractivity contribution < 1.29 is 9.59 Å². The number of carbonyl (C=O) groups excluding carboxylic acids is 2. The number of nitrogens with zero attached hydrogens (tertiary/aromatic N) is 2. The van der Waals surface area contributed by atoms with E-state index in [9.17, 15) is 9.59 Å². The summed E-state index contributed by atoms with van der Waals surface area (Å²) in [5, 5.41) is 3.90. The zero-order chi connectivity index (χ0) is 17.8. The van der Waals surface area contributed by atoms with Crippen LogP contribution in [0.25, 0.3) is 0 Å². The zero-order valence-corrected chi connectivity index (χ0v) is 15.4. The Morgan fingerprint density at radius 1 is 1.28 bits per heavy atom. The predicted molar refractivity (Wildman–Crippen MR) is 98.8 cm³/mol. The van der Waals surface area contributed by atoms with Crippen LogP contribution in [0.1, 0.15) is 32.4 Å². The van der Waals surface area contributed by atoms with Crippen molar-refractivity contribution in [3.63, 3.8) is 0 Å². The largest absolute Gasteiger partial charge is 0.355 e. The maximum atomic E-state index is 12.6. The van der Waals surface area contributed by atoms with Crippen LogP contribution >= 0.6 is 11.3 Å². The SMILES string of the molecule is Cc1nc(C)c(C(=O)N2CC[C@@H](C(=O)NCCc3ccccc3)C2)s1. The molecule has 0 bridgehead atoms. The van der Waals surface area contributed by atoms with E-state index in [1.54, 1.807) is 4.90 Å². The van der Waals surface area contributed by atoms with Crippen LogP contribution in [0.15, 0.2) is 30.3 Å². The van der Waals surface area contributed by atoms with Gasteiger partial charge in [-0.25, -0.2) is 4.98 Å². The maximum Gasteiger partial charge on any atom is 0.265 e. The molecule has 1 N–H and O–H groups in total. The number of rotatable bonds is 5. The smallest absolute Gasteiger partial charge is 0.265 e. The lowest BCUT2D eigenvalue weighted by molar-refractivity contribution is -0.124. The van der Waals surface area contributed by atoms with Gasteiger partial charge < -0.3 is 10.2 Å². The number of nitrogens with one attached hydrogen (secondary N) is 1. The number of hydrogen-bond acceptors (Lipinski definition) is 4. The fourth-order valence-electron chi connectivity index (χ4n) is 3.15. The van der Waals surface area contributed by atoms with Gasteiger partial charge in [0.05, 0.1) is 16.6 Å². The van der Waals surface area contributed by atoms with E-state index in [0.717, 1.165) is 23.5 Å². The molecule has 6 heteroatoms. The summed E-state index contributed by atoms with van der Waals surface area (Å²) in [6, 6.07) is 10.1. The minimum absolute atomic E-state index is 0.00249. The Kier molecular flexibility index (Phi) is 5.48. The number of carbonyl (C=O) groups is 2. The van der Waals surface area contributed by atoms with E-state index < -0.39 is 0 Å². The van der Waals surface area contributed by atoms with E-state index in [0.29, 0.717) is 24.5 Å². The van der Waals surface area contributed by atoms with Crippen LogP contribution in [-0.4, -0.2) is 41.3 Å². The van der Waals surface area contributed by atoms with Crippen molar-refractivity contribution in [1.82, 2.24) is 15.2 Å². The van der Waals surface area contributed by atoms with E-state index in [1.807, 2.05) is 32.0 Å². The lowest BCUT2D eigenvalue weighted by Crippen LogP contribution is -2.35. The third-order valence-corrected chi connectivity index (χ3v) is 5.56. The van der Waals surface area contributed by atoms with Crippen LogP contribution < -0.4 is 5.32 Å². The second-order valence-electron chi connectivity index (χ2n) is 6.41. The number of benzene rings is 1. The Hall–Kier alpha value is -2.21. The Bertz CT molecular complexity index is 757. The van der Waals surface area contributed by atoms with Crippen LogP contribution in [0.4, 0.5) is 0 Å². The third-order valence-electron chi connectivity index (χ3n) is 4.50. The summed E-state index contributed by atoms with van der Waals surface area (Å²) in [5.74, 6) is -0.0693. The summed E-state index contributed by atoms with van der Waals surface area (Å²) in [6.07, 6.45) is 1.54. The van der Waals surface area contributed by atoms with Crippen LogP contribution in [0.3, 0.4) is 0 Å². The lowest BCUT2D eigenvalue weighted by atomic mass is 10.1. The molecule has 1 aromatic heterocycles. The molecule has 0 saturated carbocycles. The Morgan fingerprint density at radius 3 is 2.72 bits per heavy atom. The van der Waals surface area contributed by atoms with Gasteiger partial charge in [0.1, 0.15) is 4.88 Å². The van der Waals surface area contributed by atoms with Gasteiger partial charge >= 0.3 is 0 Å². The molecule has 132 valence electrons. The van der Waals surface area contributed by atoms with E-state index in [4.69, 9.17) is 0 Å².